The molecular weight excluding hydrogens is 368 g/mol. The lowest BCUT2D eigenvalue weighted by Crippen LogP contribution is -2.18. The predicted octanol–water partition coefficient (Wildman–Crippen LogP) is 4.31. The third kappa shape index (κ3) is 3.83. The van der Waals surface area contributed by atoms with Gasteiger partial charge in [0.05, 0.1) is 11.1 Å². The standard InChI is InChI=1S/C19H20N2O3S2/c1-10-7-5-6-8-14(10)25-9-15(22)24-12(3)17-20-18(23)16-11(2)13(4)26-19(16)21-17/h5-8,12H,9H2,1-4H3,(H,20,21,23)/t12-/m1/s1. The number of rotatable bonds is 5. The molecule has 0 fully saturated rings. The van der Waals surface area contributed by atoms with Gasteiger partial charge in [0.25, 0.3) is 5.56 Å². The van der Waals surface area contributed by atoms with Gasteiger partial charge < -0.3 is 9.72 Å². The number of H-pyrrole nitrogens is 1. The molecule has 0 aliphatic heterocycles. The molecule has 0 bridgehead atoms. The van der Waals surface area contributed by atoms with Crippen molar-refractivity contribution < 1.29 is 9.53 Å². The molecular formula is C19H20N2O3S2. The van der Waals surface area contributed by atoms with Crippen LogP contribution >= 0.6 is 23.1 Å². The number of benzene rings is 1. The number of thiophene rings is 1. The number of aromatic amines is 1. The summed E-state index contributed by atoms with van der Waals surface area (Å²) in [5.74, 6) is 0.240. The molecule has 3 aromatic rings. The maximum absolute atomic E-state index is 12.3. The molecule has 0 aliphatic carbocycles. The summed E-state index contributed by atoms with van der Waals surface area (Å²) in [5, 5.41) is 0.616. The van der Waals surface area contributed by atoms with E-state index in [-0.39, 0.29) is 17.3 Å². The van der Waals surface area contributed by atoms with E-state index in [1.165, 1.54) is 23.1 Å². The highest BCUT2D eigenvalue weighted by molar-refractivity contribution is 8.00. The summed E-state index contributed by atoms with van der Waals surface area (Å²) in [7, 11) is 0. The van der Waals surface area contributed by atoms with Gasteiger partial charge in [-0.2, -0.15) is 0 Å². The fourth-order valence-electron chi connectivity index (χ4n) is 2.61. The van der Waals surface area contributed by atoms with Gasteiger partial charge in [-0.15, -0.1) is 23.1 Å². The topological polar surface area (TPSA) is 72.0 Å². The van der Waals surface area contributed by atoms with Gasteiger partial charge in [0.2, 0.25) is 0 Å². The highest BCUT2D eigenvalue weighted by Crippen LogP contribution is 2.27. The summed E-state index contributed by atoms with van der Waals surface area (Å²) in [5.41, 5.74) is 1.88. The maximum atomic E-state index is 12.3. The molecule has 0 saturated carbocycles. The lowest BCUT2D eigenvalue weighted by atomic mass is 10.2. The van der Waals surface area contributed by atoms with Crippen molar-refractivity contribution in [3.63, 3.8) is 0 Å². The molecule has 0 spiro atoms. The number of nitrogens with zero attached hydrogens (tertiary/aromatic N) is 1. The average molecular weight is 389 g/mol. The van der Waals surface area contributed by atoms with E-state index in [9.17, 15) is 9.59 Å². The Morgan fingerprint density at radius 3 is 2.77 bits per heavy atom. The molecule has 0 radical (unpaired) electrons. The van der Waals surface area contributed by atoms with Gasteiger partial charge in [-0.05, 0) is 44.9 Å². The predicted molar refractivity (Wildman–Crippen MR) is 106 cm³/mol. The lowest BCUT2D eigenvalue weighted by molar-refractivity contribution is -0.145. The summed E-state index contributed by atoms with van der Waals surface area (Å²) in [6.07, 6.45) is -0.611. The van der Waals surface area contributed by atoms with Crippen LogP contribution in [0.25, 0.3) is 10.2 Å². The number of fused-ring (bicyclic) bond motifs is 1. The third-order valence-corrected chi connectivity index (χ3v) is 6.44. The molecule has 0 unspecified atom stereocenters. The van der Waals surface area contributed by atoms with Crippen molar-refractivity contribution in [3.8, 4) is 0 Å². The zero-order valence-electron chi connectivity index (χ0n) is 15.1. The molecule has 2 aromatic heterocycles. The summed E-state index contributed by atoms with van der Waals surface area (Å²) in [6, 6.07) is 7.89. The first kappa shape index (κ1) is 18.7. The van der Waals surface area contributed by atoms with E-state index in [1.54, 1.807) is 6.92 Å². The van der Waals surface area contributed by atoms with Crippen LogP contribution in [0, 0.1) is 20.8 Å². The van der Waals surface area contributed by atoms with E-state index < -0.39 is 6.10 Å². The van der Waals surface area contributed by atoms with Crippen LogP contribution < -0.4 is 5.56 Å². The van der Waals surface area contributed by atoms with Gasteiger partial charge in [0, 0.05) is 9.77 Å². The number of aryl methyl sites for hydroxylation is 3. The van der Waals surface area contributed by atoms with Gasteiger partial charge in [-0.25, -0.2) is 4.98 Å². The van der Waals surface area contributed by atoms with Gasteiger partial charge in [-0.3, -0.25) is 9.59 Å². The molecule has 3 rings (SSSR count). The first-order valence-electron chi connectivity index (χ1n) is 8.24. The molecule has 0 saturated heterocycles. The summed E-state index contributed by atoms with van der Waals surface area (Å²) in [6.45, 7) is 7.60. The van der Waals surface area contributed by atoms with Crippen LogP contribution in [0.4, 0.5) is 0 Å². The van der Waals surface area contributed by atoms with E-state index in [4.69, 9.17) is 4.74 Å². The minimum absolute atomic E-state index is 0.191. The summed E-state index contributed by atoms with van der Waals surface area (Å²) < 4.78 is 5.45. The van der Waals surface area contributed by atoms with Crippen molar-refractivity contribution in [3.05, 3.63) is 56.4 Å². The number of ether oxygens (including phenoxy) is 1. The Kier molecular flexibility index (Phi) is 5.48. The van der Waals surface area contributed by atoms with Crippen LogP contribution in [-0.2, 0) is 9.53 Å². The zero-order chi connectivity index (χ0) is 18.8. The molecule has 5 nitrogen and oxygen atoms in total. The Morgan fingerprint density at radius 2 is 2.04 bits per heavy atom. The van der Waals surface area contributed by atoms with Crippen molar-refractivity contribution in [2.24, 2.45) is 0 Å². The van der Waals surface area contributed by atoms with Crippen LogP contribution in [-0.4, -0.2) is 21.7 Å². The number of esters is 1. The van der Waals surface area contributed by atoms with Gasteiger partial charge >= 0.3 is 5.97 Å². The van der Waals surface area contributed by atoms with Crippen molar-refractivity contribution in [2.75, 3.05) is 5.75 Å². The maximum Gasteiger partial charge on any atom is 0.316 e. The minimum Gasteiger partial charge on any atom is -0.454 e. The molecule has 2 heterocycles. The number of aromatic nitrogens is 2. The highest BCUT2D eigenvalue weighted by Gasteiger charge is 2.18. The van der Waals surface area contributed by atoms with Gasteiger partial charge in [0.1, 0.15) is 4.83 Å². The molecule has 136 valence electrons. The second-order valence-corrected chi connectivity index (χ2v) is 8.32. The number of carbonyl (C=O) groups is 1. The molecule has 1 atom stereocenters. The number of hydrogen-bond acceptors (Lipinski definition) is 6. The zero-order valence-corrected chi connectivity index (χ0v) is 16.7. The molecule has 7 heteroatoms. The smallest absolute Gasteiger partial charge is 0.316 e. The Morgan fingerprint density at radius 1 is 1.31 bits per heavy atom. The van der Waals surface area contributed by atoms with Crippen LogP contribution in [0.2, 0.25) is 0 Å². The number of thioether (sulfide) groups is 1. The van der Waals surface area contributed by atoms with E-state index in [0.29, 0.717) is 16.0 Å². The summed E-state index contributed by atoms with van der Waals surface area (Å²) in [4.78, 5) is 34.5. The van der Waals surface area contributed by atoms with Crippen molar-refractivity contribution in [1.82, 2.24) is 9.97 Å². The van der Waals surface area contributed by atoms with Crippen LogP contribution in [0.15, 0.2) is 34.0 Å². The van der Waals surface area contributed by atoms with Crippen LogP contribution in [0.5, 0.6) is 0 Å². The Labute approximate surface area is 159 Å². The Bertz CT molecular complexity index is 1020. The van der Waals surface area contributed by atoms with Crippen LogP contribution in [0.1, 0.15) is 34.9 Å². The normalized spacial score (nSPS) is 12.3. The SMILES string of the molecule is Cc1ccccc1SCC(=O)O[C@H](C)c1nc2sc(C)c(C)c2c(=O)[nH]1. The molecule has 26 heavy (non-hydrogen) atoms. The van der Waals surface area contributed by atoms with Crippen molar-refractivity contribution in [2.45, 2.75) is 38.7 Å². The Balaban J connectivity index is 1.70. The fourth-order valence-corrected chi connectivity index (χ4v) is 4.45. The first-order chi connectivity index (χ1) is 12.4. The Hall–Kier alpha value is -2.12. The highest BCUT2D eigenvalue weighted by atomic mass is 32.2. The summed E-state index contributed by atoms with van der Waals surface area (Å²) >= 11 is 2.92. The van der Waals surface area contributed by atoms with Gasteiger partial charge in [0.15, 0.2) is 11.9 Å². The fraction of sp³-hybridized carbons (Fsp3) is 0.316. The third-order valence-electron chi connectivity index (χ3n) is 4.19. The van der Waals surface area contributed by atoms with Gasteiger partial charge in [-0.1, -0.05) is 18.2 Å². The van der Waals surface area contributed by atoms with Crippen molar-refractivity contribution >= 4 is 39.3 Å². The minimum atomic E-state index is -0.611. The van der Waals surface area contributed by atoms with E-state index in [0.717, 1.165) is 20.9 Å². The quantitative estimate of drug-likeness (QED) is 0.521. The molecule has 0 amide bonds. The number of carbonyl (C=O) groups excluding carboxylic acids is 1. The second kappa shape index (κ2) is 7.63. The number of nitrogens with one attached hydrogen (secondary N) is 1. The van der Waals surface area contributed by atoms with Crippen LogP contribution in [0.3, 0.4) is 0 Å². The first-order valence-corrected chi connectivity index (χ1v) is 10.0. The lowest BCUT2D eigenvalue weighted by Gasteiger charge is -2.12. The molecule has 0 aliphatic rings. The average Bonchev–Trinajstić information content (AvgIpc) is 2.88. The van der Waals surface area contributed by atoms with Crippen molar-refractivity contribution in [1.29, 1.82) is 0 Å². The molecule has 1 N–H and O–H groups in total. The van der Waals surface area contributed by atoms with E-state index in [1.807, 2.05) is 45.0 Å². The largest absolute Gasteiger partial charge is 0.454 e. The van der Waals surface area contributed by atoms with E-state index >= 15 is 0 Å². The second-order valence-electron chi connectivity index (χ2n) is 6.10. The van der Waals surface area contributed by atoms with E-state index in [2.05, 4.69) is 9.97 Å². The number of hydrogen-bond donors (Lipinski definition) is 1. The molecule has 1 aromatic carbocycles. The monoisotopic (exact) mass is 388 g/mol.